The highest BCUT2D eigenvalue weighted by molar-refractivity contribution is 5.85. The molecular formula is C20H31FN4O2. The Morgan fingerprint density at radius 2 is 2.00 bits per heavy atom. The second-order valence-corrected chi connectivity index (χ2v) is 6.84. The topological polar surface area (TPSA) is 74.8 Å². The van der Waals surface area contributed by atoms with Crippen LogP contribution in [-0.4, -0.2) is 43.6 Å². The van der Waals surface area contributed by atoms with E-state index in [1.165, 1.54) is 25.3 Å². The molecule has 1 fully saturated rings. The van der Waals surface area contributed by atoms with E-state index in [4.69, 9.17) is 4.74 Å². The highest BCUT2D eigenvalue weighted by Gasteiger charge is 2.15. The molecule has 7 heteroatoms. The number of hydrogen-bond acceptors (Lipinski definition) is 3. The first-order valence-electron chi connectivity index (χ1n) is 9.81. The van der Waals surface area contributed by atoms with E-state index < -0.39 is 0 Å². The molecule has 3 N–H and O–H groups in total. The summed E-state index contributed by atoms with van der Waals surface area (Å²) in [5.41, 5.74) is 0. The maximum atomic E-state index is 13.6. The van der Waals surface area contributed by atoms with E-state index in [-0.39, 0.29) is 36.2 Å². The number of rotatable bonds is 8. The van der Waals surface area contributed by atoms with Gasteiger partial charge in [-0.15, -0.1) is 0 Å². The van der Waals surface area contributed by atoms with E-state index in [1.54, 1.807) is 18.2 Å². The van der Waals surface area contributed by atoms with Gasteiger partial charge in [-0.1, -0.05) is 31.4 Å². The first-order valence-corrected chi connectivity index (χ1v) is 9.81. The van der Waals surface area contributed by atoms with Crippen molar-refractivity contribution in [3.63, 3.8) is 0 Å². The largest absolute Gasteiger partial charge is 0.486 e. The number of para-hydroxylation sites is 1. The fourth-order valence-corrected chi connectivity index (χ4v) is 3.05. The third-order valence-electron chi connectivity index (χ3n) is 4.42. The third kappa shape index (κ3) is 7.85. The molecule has 27 heavy (non-hydrogen) atoms. The summed E-state index contributed by atoms with van der Waals surface area (Å²) in [6.45, 7) is 4.99. The predicted molar refractivity (Wildman–Crippen MR) is 105 cm³/mol. The minimum Gasteiger partial charge on any atom is -0.486 e. The Kier molecular flexibility index (Phi) is 8.87. The smallest absolute Gasteiger partial charge is 0.242 e. The Morgan fingerprint density at radius 3 is 2.70 bits per heavy atom. The summed E-state index contributed by atoms with van der Waals surface area (Å²) in [6.07, 6.45) is 5.46. The van der Waals surface area contributed by atoms with Crippen molar-refractivity contribution < 1.29 is 13.9 Å². The minimum absolute atomic E-state index is 0.0604. The van der Waals surface area contributed by atoms with Gasteiger partial charge >= 0.3 is 0 Å². The molecule has 1 atom stereocenters. The average Bonchev–Trinajstić information content (AvgIpc) is 2.66. The number of amides is 1. The summed E-state index contributed by atoms with van der Waals surface area (Å²) in [5, 5.41) is 9.28. The van der Waals surface area contributed by atoms with Crippen molar-refractivity contribution in [2.45, 2.75) is 58.1 Å². The van der Waals surface area contributed by atoms with Crippen molar-refractivity contribution in [2.24, 2.45) is 4.99 Å². The van der Waals surface area contributed by atoms with Gasteiger partial charge in [-0.05, 0) is 38.8 Å². The molecule has 0 bridgehead atoms. The number of guanidine groups is 1. The molecule has 0 aromatic heterocycles. The summed E-state index contributed by atoms with van der Waals surface area (Å²) < 4.78 is 19.2. The van der Waals surface area contributed by atoms with Crippen LogP contribution < -0.4 is 20.7 Å². The van der Waals surface area contributed by atoms with Crippen LogP contribution in [0.1, 0.15) is 46.0 Å². The first-order chi connectivity index (χ1) is 13.1. The van der Waals surface area contributed by atoms with Crippen LogP contribution in [0, 0.1) is 5.82 Å². The molecule has 1 saturated carbocycles. The Labute approximate surface area is 161 Å². The quantitative estimate of drug-likeness (QED) is 0.480. The molecule has 1 aromatic rings. The van der Waals surface area contributed by atoms with Crippen molar-refractivity contribution in [2.75, 3.05) is 19.6 Å². The lowest BCUT2D eigenvalue weighted by Crippen LogP contribution is -2.43. The Morgan fingerprint density at radius 1 is 1.26 bits per heavy atom. The number of carbonyl (C=O) groups excluding carboxylic acids is 1. The minimum atomic E-state index is -0.385. The van der Waals surface area contributed by atoms with Crippen LogP contribution in [0.5, 0.6) is 5.75 Å². The number of carbonyl (C=O) groups is 1. The van der Waals surface area contributed by atoms with E-state index in [0.29, 0.717) is 19.0 Å². The molecule has 1 amide bonds. The molecule has 1 aromatic carbocycles. The van der Waals surface area contributed by atoms with Crippen LogP contribution in [0.15, 0.2) is 29.3 Å². The van der Waals surface area contributed by atoms with E-state index in [0.717, 1.165) is 12.8 Å². The van der Waals surface area contributed by atoms with E-state index in [9.17, 15) is 9.18 Å². The maximum absolute atomic E-state index is 13.6. The van der Waals surface area contributed by atoms with Crippen molar-refractivity contribution in [3.8, 4) is 5.75 Å². The van der Waals surface area contributed by atoms with E-state index >= 15 is 0 Å². The molecule has 0 spiro atoms. The highest BCUT2D eigenvalue weighted by atomic mass is 19.1. The fraction of sp³-hybridized carbons (Fsp3) is 0.600. The number of benzene rings is 1. The van der Waals surface area contributed by atoms with Crippen LogP contribution in [-0.2, 0) is 4.79 Å². The molecule has 1 unspecified atom stereocenters. The maximum Gasteiger partial charge on any atom is 0.242 e. The van der Waals surface area contributed by atoms with Gasteiger partial charge in [0.15, 0.2) is 17.5 Å². The number of nitrogens with zero attached hydrogens (tertiary/aromatic N) is 1. The van der Waals surface area contributed by atoms with Crippen LogP contribution >= 0.6 is 0 Å². The van der Waals surface area contributed by atoms with Gasteiger partial charge < -0.3 is 20.7 Å². The van der Waals surface area contributed by atoms with Crippen LogP contribution in [0.3, 0.4) is 0 Å². The molecule has 150 valence electrons. The van der Waals surface area contributed by atoms with Crippen molar-refractivity contribution in [3.05, 3.63) is 30.1 Å². The molecule has 2 rings (SSSR count). The van der Waals surface area contributed by atoms with Crippen LogP contribution in [0.4, 0.5) is 4.39 Å². The normalized spacial score (nSPS) is 16.5. The first kappa shape index (κ1) is 21.0. The number of halogens is 1. The van der Waals surface area contributed by atoms with Crippen molar-refractivity contribution in [1.82, 2.24) is 16.0 Å². The van der Waals surface area contributed by atoms with Gasteiger partial charge in [0.1, 0.15) is 12.6 Å². The van der Waals surface area contributed by atoms with Gasteiger partial charge in [0.05, 0.1) is 6.54 Å². The van der Waals surface area contributed by atoms with Gasteiger partial charge in [0.25, 0.3) is 0 Å². The zero-order valence-corrected chi connectivity index (χ0v) is 16.3. The lowest BCUT2D eigenvalue weighted by atomic mass is 9.95. The monoisotopic (exact) mass is 378 g/mol. The standard InChI is InChI=1S/C20H31FN4O2/c1-3-22-20(24-14-19(26)25-16-9-5-4-6-10-16)23-13-15(2)27-18-12-8-7-11-17(18)21/h7-8,11-12,15-16H,3-6,9-10,13-14H2,1-2H3,(H,25,26)(H2,22,23,24). The number of aliphatic imine (C=N–C) groups is 1. The fourth-order valence-electron chi connectivity index (χ4n) is 3.05. The summed E-state index contributed by atoms with van der Waals surface area (Å²) in [4.78, 5) is 16.4. The average molecular weight is 378 g/mol. The van der Waals surface area contributed by atoms with Crippen LogP contribution in [0.25, 0.3) is 0 Å². The zero-order valence-electron chi connectivity index (χ0n) is 16.3. The summed E-state index contributed by atoms with van der Waals surface area (Å²) in [5.74, 6) is 0.319. The Bertz CT molecular complexity index is 618. The lowest BCUT2D eigenvalue weighted by Gasteiger charge is -2.22. The van der Waals surface area contributed by atoms with Gasteiger partial charge in [-0.2, -0.15) is 0 Å². The van der Waals surface area contributed by atoms with E-state index in [1.807, 2.05) is 13.8 Å². The second-order valence-electron chi connectivity index (χ2n) is 6.84. The van der Waals surface area contributed by atoms with Gasteiger partial charge in [-0.3, -0.25) is 4.79 Å². The van der Waals surface area contributed by atoms with Crippen molar-refractivity contribution in [1.29, 1.82) is 0 Å². The predicted octanol–water partition coefficient (Wildman–Crippen LogP) is 2.60. The molecular weight excluding hydrogens is 347 g/mol. The van der Waals surface area contributed by atoms with Crippen molar-refractivity contribution >= 4 is 11.9 Å². The molecule has 0 aliphatic heterocycles. The SMILES string of the molecule is CCNC(=NCC(=O)NC1CCCCC1)NCC(C)Oc1ccccc1F. The Balaban J connectivity index is 1.78. The summed E-state index contributed by atoms with van der Waals surface area (Å²) in [7, 11) is 0. The molecule has 6 nitrogen and oxygen atoms in total. The molecule has 1 aliphatic rings. The lowest BCUT2D eigenvalue weighted by molar-refractivity contribution is -0.120. The van der Waals surface area contributed by atoms with Gasteiger partial charge in [0, 0.05) is 12.6 Å². The molecule has 1 aliphatic carbocycles. The van der Waals surface area contributed by atoms with E-state index in [2.05, 4.69) is 20.9 Å². The number of hydrogen-bond donors (Lipinski definition) is 3. The second kappa shape index (κ2) is 11.4. The zero-order chi connectivity index (χ0) is 19.5. The summed E-state index contributed by atoms with van der Waals surface area (Å²) in [6, 6.07) is 6.60. The Hall–Kier alpha value is -2.31. The molecule has 0 heterocycles. The summed E-state index contributed by atoms with van der Waals surface area (Å²) >= 11 is 0. The number of nitrogens with one attached hydrogen (secondary N) is 3. The highest BCUT2D eigenvalue weighted by Crippen LogP contribution is 2.17. The molecule has 0 saturated heterocycles. The van der Waals surface area contributed by atoms with Gasteiger partial charge in [0.2, 0.25) is 5.91 Å². The third-order valence-corrected chi connectivity index (χ3v) is 4.42. The van der Waals surface area contributed by atoms with Crippen LogP contribution in [0.2, 0.25) is 0 Å². The number of ether oxygens (including phenoxy) is 1. The van der Waals surface area contributed by atoms with Gasteiger partial charge in [-0.25, -0.2) is 9.38 Å². The molecule has 0 radical (unpaired) electrons.